The summed E-state index contributed by atoms with van der Waals surface area (Å²) >= 11 is 0. The minimum absolute atomic E-state index is 0.0341. The summed E-state index contributed by atoms with van der Waals surface area (Å²) in [6.07, 6.45) is 2.40. The standard InChI is InChI=1S/C21H26N2O2/c1-17(23-14-6-7-15-23)21(24)22(2)16-18-10-12-20(13-11-18)25-19-8-4-3-5-9-19/h3-5,8-13,17H,6-7,14-16H2,1-2H3/t17-/m0/s1. The molecule has 3 rings (SSSR count). The summed E-state index contributed by atoms with van der Waals surface area (Å²) < 4.78 is 5.80. The van der Waals surface area contributed by atoms with Gasteiger partial charge in [-0.25, -0.2) is 0 Å². The van der Waals surface area contributed by atoms with Gasteiger partial charge in [0.25, 0.3) is 0 Å². The van der Waals surface area contributed by atoms with Gasteiger partial charge >= 0.3 is 0 Å². The number of rotatable bonds is 6. The van der Waals surface area contributed by atoms with Gasteiger partial charge in [0, 0.05) is 13.6 Å². The van der Waals surface area contributed by atoms with Crippen LogP contribution in [0.3, 0.4) is 0 Å². The predicted octanol–water partition coefficient (Wildman–Crippen LogP) is 3.92. The summed E-state index contributed by atoms with van der Waals surface area (Å²) in [5.41, 5.74) is 1.10. The molecule has 4 heteroatoms. The molecule has 0 N–H and O–H groups in total. The van der Waals surface area contributed by atoms with E-state index < -0.39 is 0 Å². The molecule has 1 heterocycles. The first-order valence-corrected chi connectivity index (χ1v) is 8.94. The summed E-state index contributed by atoms with van der Waals surface area (Å²) in [4.78, 5) is 16.7. The van der Waals surface area contributed by atoms with Gasteiger partial charge in [-0.05, 0) is 62.7 Å². The van der Waals surface area contributed by atoms with E-state index in [4.69, 9.17) is 4.74 Å². The van der Waals surface area contributed by atoms with E-state index in [9.17, 15) is 4.79 Å². The summed E-state index contributed by atoms with van der Waals surface area (Å²) in [5.74, 6) is 1.81. The van der Waals surface area contributed by atoms with Gasteiger partial charge in [0.05, 0.1) is 6.04 Å². The number of amides is 1. The number of carbonyl (C=O) groups excluding carboxylic acids is 1. The highest BCUT2D eigenvalue weighted by Crippen LogP contribution is 2.21. The number of likely N-dealkylation sites (N-methyl/N-ethyl adjacent to an activating group) is 1. The lowest BCUT2D eigenvalue weighted by Crippen LogP contribution is -2.44. The van der Waals surface area contributed by atoms with Crippen molar-refractivity contribution in [1.82, 2.24) is 9.80 Å². The van der Waals surface area contributed by atoms with E-state index in [1.54, 1.807) is 0 Å². The van der Waals surface area contributed by atoms with Gasteiger partial charge in [-0.3, -0.25) is 9.69 Å². The summed E-state index contributed by atoms with van der Waals surface area (Å²) in [6, 6.07) is 17.6. The van der Waals surface area contributed by atoms with Crippen molar-refractivity contribution in [3.8, 4) is 11.5 Å². The molecule has 0 unspecified atom stereocenters. The van der Waals surface area contributed by atoms with Crippen molar-refractivity contribution < 1.29 is 9.53 Å². The molecule has 0 aliphatic carbocycles. The van der Waals surface area contributed by atoms with Crippen LogP contribution in [0.4, 0.5) is 0 Å². The number of para-hydroxylation sites is 1. The molecule has 0 bridgehead atoms. The maximum absolute atomic E-state index is 12.6. The largest absolute Gasteiger partial charge is 0.457 e. The second kappa shape index (κ2) is 8.17. The molecule has 1 atom stereocenters. The molecule has 0 radical (unpaired) electrons. The zero-order valence-electron chi connectivity index (χ0n) is 15.0. The topological polar surface area (TPSA) is 32.8 Å². The van der Waals surface area contributed by atoms with E-state index in [0.717, 1.165) is 30.2 Å². The molecular formula is C21H26N2O2. The summed E-state index contributed by atoms with van der Waals surface area (Å²) in [7, 11) is 1.88. The molecule has 1 aliphatic rings. The molecule has 0 aromatic heterocycles. The van der Waals surface area contributed by atoms with E-state index in [0.29, 0.717) is 6.54 Å². The number of nitrogens with zero attached hydrogens (tertiary/aromatic N) is 2. The second-order valence-corrected chi connectivity index (χ2v) is 6.67. The Bertz CT molecular complexity index is 679. The number of hydrogen-bond donors (Lipinski definition) is 0. The third-order valence-corrected chi connectivity index (χ3v) is 4.74. The first-order valence-electron chi connectivity index (χ1n) is 8.94. The normalized spacial score (nSPS) is 15.8. The van der Waals surface area contributed by atoms with Crippen molar-refractivity contribution in [2.24, 2.45) is 0 Å². The third-order valence-electron chi connectivity index (χ3n) is 4.74. The number of likely N-dealkylation sites (tertiary alicyclic amines) is 1. The fourth-order valence-corrected chi connectivity index (χ4v) is 3.24. The molecule has 132 valence electrons. The zero-order chi connectivity index (χ0) is 17.6. The molecule has 1 aliphatic heterocycles. The van der Waals surface area contributed by atoms with Crippen LogP contribution < -0.4 is 4.74 Å². The number of benzene rings is 2. The summed E-state index contributed by atoms with van der Waals surface area (Å²) in [5, 5.41) is 0. The lowest BCUT2D eigenvalue weighted by atomic mass is 10.2. The van der Waals surface area contributed by atoms with Gasteiger partial charge in [0.1, 0.15) is 11.5 Å². The molecule has 0 saturated carbocycles. The molecule has 1 fully saturated rings. The van der Waals surface area contributed by atoms with E-state index in [-0.39, 0.29) is 11.9 Å². The Balaban J connectivity index is 1.56. The van der Waals surface area contributed by atoms with Gasteiger partial charge in [-0.15, -0.1) is 0 Å². The predicted molar refractivity (Wildman–Crippen MR) is 99.7 cm³/mol. The molecule has 0 spiro atoms. The van der Waals surface area contributed by atoms with Gasteiger partial charge in [-0.2, -0.15) is 0 Å². The Morgan fingerprint density at radius 2 is 1.64 bits per heavy atom. The molecule has 2 aromatic carbocycles. The van der Waals surface area contributed by atoms with Crippen molar-refractivity contribution in [1.29, 1.82) is 0 Å². The van der Waals surface area contributed by atoms with Gasteiger partial charge in [-0.1, -0.05) is 30.3 Å². The van der Waals surface area contributed by atoms with Crippen LogP contribution in [0.1, 0.15) is 25.3 Å². The van der Waals surface area contributed by atoms with Crippen molar-refractivity contribution in [3.63, 3.8) is 0 Å². The molecule has 1 amide bonds. The Morgan fingerprint density at radius 3 is 2.28 bits per heavy atom. The van der Waals surface area contributed by atoms with E-state index in [2.05, 4.69) is 4.90 Å². The highest BCUT2D eigenvalue weighted by Gasteiger charge is 2.26. The van der Waals surface area contributed by atoms with Gasteiger partial charge in [0.15, 0.2) is 0 Å². The van der Waals surface area contributed by atoms with Crippen LogP contribution in [-0.4, -0.2) is 41.9 Å². The first-order chi connectivity index (χ1) is 12.1. The first kappa shape index (κ1) is 17.5. The smallest absolute Gasteiger partial charge is 0.239 e. The van der Waals surface area contributed by atoms with Crippen LogP contribution >= 0.6 is 0 Å². The van der Waals surface area contributed by atoms with Gasteiger partial charge in [0.2, 0.25) is 5.91 Å². The van der Waals surface area contributed by atoms with Crippen molar-refractivity contribution in [3.05, 3.63) is 60.2 Å². The lowest BCUT2D eigenvalue weighted by molar-refractivity contribution is -0.135. The highest BCUT2D eigenvalue weighted by atomic mass is 16.5. The molecule has 25 heavy (non-hydrogen) atoms. The van der Waals surface area contributed by atoms with Crippen molar-refractivity contribution >= 4 is 5.91 Å². The fraction of sp³-hybridized carbons (Fsp3) is 0.381. The van der Waals surface area contributed by atoms with Crippen LogP contribution in [-0.2, 0) is 11.3 Å². The Morgan fingerprint density at radius 1 is 1.04 bits per heavy atom. The van der Waals surface area contributed by atoms with Crippen LogP contribution in [0, 0.1) is 0 Å². The average Bonchev–Trinajstić information content (AvgIpc) is 3.17. The maximum atomic E-state index is 12.6. The molecule has 2 aromatic rings. The number of hydrogen-bond acceptors (Lipinski definition) is 3. The lowest BCUT2D eigenvalue weighted by Gasteiger charge is -2.27. The average molecular weight is 338 g/mol. The van der Waals surface area contributed by atoms with E-state index in [1.807, 2.05) is 73.5 Å². The van der Waals surface area contributed by atoms with Crippen molar-refractivity contribution in [2.45, 2.75) is 32.4 Å². The van der Waals surface area contributed by atoms with E-state index in [1.165, 1.54) is 12.8 Å². The quantitative estimate of drug-likeness (QED) is 0.800. The Kier molecular flexibility index (Phi) is 5.71. The minimum atomic E-state index is -0.0341. The number of ether oxygens (including phenoxy) is 1. The zero-order valence-corrected chi connectivity index (χ0v) is 15.0. The van der Waals surface area contributed by atoms with Crippen molar-refractivity contribution in [2.75, 3.05) is 20.1 Å². The second-order valence-electron chi connectivity index (χ2n) is 6.67. The molecule has 1 saturated heterocycles. The SMILES string of the molecule is C[C@@H](C(=O)N(C)Cc1ccc(Oc2ccccc2)cc1)N1CCCC1. The highest BCUT2D eigenvalue weighted by molar-refractivity contribution is 5.81. The molecular weight excluding hydrogens is 312 g/mol. The monoisotopic (exact) mass is 338 g/mol. The number of carbonyl (C=O) groups is 1. The fourth-order valence-electron chi connectivity index (χ4n) is 3.24. The third kappa shape index (κ3) is 4.60. The maximum Gasteiger partial charge on any atom is 0.239 e. The van der Waals surface area contributed by atoms with Crippen LogP contribution in [0.5, 0.6) is 11.5 Å². The van der Waals surface area contributed by atoms with Crippen LogP contribution in [0.2, 0.25) is 0 Å². The van der Waals surface area contributed by atoms with E-state index >= 15 is 0 Å². The molecule has 4 nitrogen and oxygen atoms in total. The Hall–Kier alpha value is -2.33. The van der Waals surface area contributed by atoms with Crippen LogP contribution in [0.15, 0.2) is 54.6 Å². The summed E-state index contributed by atoms with van der Waals surface area (Å²) in [6.45, 7) is 4.70. The minimum Gasteiger partial charge on any atom is -0.457 e. The van der Waals surface area contributed by atoms with Crippen LogP contribution in [0.25, 0.3) is 0 Å². The Labute approximate surface area is 150 Å². The van der Waals surface area contributed by atoms with Gasteiger partial charge < -0.3 is 9.64 Å².